The van der Waals surface area contributed by atoms with Crippen LogP contribution in [0, 0.1) is 24.7 Å². The van der Waals surface area contributed by atoms with Crippen molar-refractivity contribution in [1.82, 2.24) is 14.7 Å². The molecule has 1 aromatic carbocycles. The van der Waals surface area contributed by atoms with Crippen LogP contribution < -0.4 is 0 Å². The topological polar surface area (TPSA) is 120 Å². The van der Waals surface area contributed by atoms with E-state index in [1.807, 2.05) is 19.0 Å². The SMILES string of the molecule is CC(=O)O.CC(=O)O.Cc1ccccc1[C@H]1[C@@H]2CN(CC3COCCOC3)C[C@@H]2CN1C(=O)CN(C)C. The number of carbonyl (C=O) groups excluding carboxylic acids is 1. The van der Waals surface area contributed by atoms with E-state index in [9.17, 15) is 4.79 Å². The van der Waals surface area contributed by atoms with E-state index < -0.39 is 11.9 Å². The number of carboxylic acid groups (broad SMARTS) is 2. The molecular formula is C27H43N3O7. The van der Waals surface area contributed by atoms with E-state index in [0.717, 1.165) is 53.2 Å². The van der Waals surface area contributed by atoms with Gasteiger partial charge in [0.15, 0.2) is 0 Å². The summed E-state index contributed by atoms with van der Waals surface area (Å²) in [4.78, 5) is 37.8. The average molecular weight is 522 g/mol. The number of likely N-dealkylation sites (tertiary alicyclic amines) is 2. The number of nitrogens with zero attached hydrogens (tertiary/aromatic N) is 3. The highest BCUT2D eigenvalue weighted by Crippen LogP contribution is 2.46. The zero-order chi connectivity index (χ0) is 27.5. The van der Waals surface area contributed by atoms with Gasteiger partial charge < -0.3 is 34.4 Å². The normalized spacial score (nSPS) is 23.8. The lowest BCUT2D eigenvalue weighted by Crippen LogP contribution is -2.41. The summed E-state index contributed by atoms with van der Waals surface area (Å²) in [5.41, 5.74) is 2.60. The number of carbonyl (C=O) groups is 3. The van der Waals surface area contributed by atoms with E-state index in [1.165, 1.54) is 11.1 Å². The van der Waals surface area contributed by atoms with Crippen molar-refractivity contribution in [1.29, 1.82) is 0 Å². The van der Waals surface area contributed by atoms with E-state index in [2.05, 4.69) is 41.0 Å². The molecule has 1 amide bonds. The van der Waals surface area contributed by atoms with Crippen LogP contribution in [0.5, 0.6) is 0 Å². The summed E-state index contributed by atoms with van der Waals surface area (Å²) in [6.07, 6.45) is 0. The number of amides is 1. The average Bonchev–Trinajstić information content (AvgIpc) is 3.20. The fourth-order valence-corrected chi connectivity index (χ4v) is 5.36. The van der Waals surface area contributed by atoms with Crippen LogP contribution in [-0.4, -0.2) is 116 Å². The maximum absolute atomic E-state index is 13.1. The van der Waals surface area contributed by atoms with Gasteiger partial charge in [-0.2, -0.15) is 0 Å². The third-order valence-corrected chi connectivity index (χ3v) is 6.61. The summed E-state index contributed by atoms with van der Waals surface area (Å²) in [5, 5.41) is 14.8. The van der Waals surface area contributed by atoms with Crippen molar-refractivity contribution in [2.75, 3.05) is 73.2 Å². The summed E-state index contributed by atoms with van der Waals surface area (Å²) in [6.45, 7) is 11.8. The fraction of sp³-hybridized carbons (Fsp3) is 0.667. The van der Waals surface area contributed by atoms with Crippen LogP contribution in [0.25, 0.3) is 0 Å². The molecule has 0 bridgehead atoms. The molecule has 0 unspecified atom stereocenters. The van der Waals surface area contributed by atoms with E-state index >= 15 is 0 Å². The first kappa shape index (κ1) is 30.7. The van der Waals surface area contributed by atoms with Crippen molar-refractivity contribution < 1.29 is 34.1 Å². The first-order valence-electron chi connectivity index (χ1n) is 12.8. The van der Waals surface area contributed by atoms with Crippen LogP contribution in [0.15, 0.2) is 24.3 Å². The second-order valence-electron chi connectivity index (χ2n) is 10.3. The molecule has 3 saturated heterocycles. The maximum atomic E-state index is 13.1. The Balaban J connectivity index is 0.000000530. The van der Waals surface area contributed by atoms with E-state index in [-0.39, 0.29) is 11.9 Å². The van der Waals surface area contributed by atoms with Crippen LogP contribution in [0.2, 0.25) is 0 Å². The highest BCUT2D eigenvalue weighted by Gasteiger charge is 2.49. The quantitative estimate of drug-likeness (QED) is 0.598. The van der Waals surface area contributed by atoms with Gasteiger partial charge in [0.05, 0.1) is 39.0 Å². The molecule has 10 nitrogen and oxygen atoms in total. The molecular weight excluding hydrogens is 478 g/mol. The Bertz CT molecular complexity index is 867. The van der Waals surface area contributed by atoms with Gasteiger partial charge in [0, 0.05) is 51.9 Å². The lowest BCUT2D eigenvalue weighted by atomic mass is 9.87. The summed E-state index contributed by atoms with van der Waals surface area (Å²) >= 11 is 0. The summed E-state index contributed by atoms with van der Waals surface area (Å²) in [6, 6.07) is 8.76. The van der Waals surface area contributed by atoms with E-state index in [1.54, 1.807) is 0 Å². The van der Waals surface area contributed by atoms with Gasteiger partial charge in [-0.25, -0.2) is 0 Å². The Morgan fingerprint density at radius 3 is 2.08 bits per heavy atom. The number of hydrogen-bond acceptors (Lipinski definition) is 7. The Labute approximate surface area is 220 Å². The fourth-order valence-electron chi connectivity index (χ4n) is 5.36. The van der Waals surface area contributed by atoms with Gasteiger partial charge >= 0.3 is 0 Å². The standard InChI is InChI=1S/C23H35N3O3.2C2H4O2/c1-17-6-4-5-7-20(17)23-21-13-25(10-18-15-28-8-9-29-16-18)11-19(21)12-26(23)22(27)14-24(2)3;2*1-2(3)4/h4-7,18-19,21,23H,8-16H2,1-3H3;2*1H3,(H,3,4)/t19-,21-,23+;;/m1../s1. The second-order valence-corrected chi connectivity index (χ2v) is 10.3. The smallest absolute Gasteiger partial charge is 0.300 e. The van der Waals surface area contributed by atoms with Gasteiger partial charge in [-0.15, -0.1) is 0 Å². The van der Waals surface area contributed by atoms with Crippen molar-refractivity contribution in [3.63, 3.8) is 0 Å². The minimum Gasteiger partial charge on any atom is -0.481 e. The van der Waals surface area contributed by atoms with Crippen LogP contribution in [-0.2, 0) is 23.9 Å². The molecule has 3 heterocycles. The van der Waals surface area contributed by atoms with Gasteiger partial charge in [-0.3, -0.25) is 14.4 Å². The van der Waals surface area contributed by atoms with Crippen molar-refractivity contribution in [2.45, 2.75) is 26.8 Å². The molecule has 0 aliphatic carbocycles. The first-order valence-corrected chi connectivity index (χ1v) is 12.8. The Hall–Kier alpha value is -2.53. The lowest BCUT2D eigenvalue weighted by molar-refractivity contribution is -0.135. The summed E-state index contributed by atoms with van der Waals surface area (Å²) in [7, 11) is 3.94. The molecule has 0 spiro atoms. The highest BCUT2D eigenvalue weighted by molar-refractivity contribution is 5.79. The monoisotopic (exact) mass is 521 g/mol. The molecule has 3 aliphatic rings. The minimum atomic E-state index is -0.833. The third-order valence-electron chi connectivity index (χ3n) is 6.61. The van der Waals surface area contributed by atoms with Crippen LogP contribution in [0.1, 0.15) is 31.0 Å². The number of likely N-dealkylation sites (N-methyl/N-ethyl adjacent to an activating group) is 1. The van der Waals surface area contributed by atoms with Crippen molar-refractivity contribution >= 4 is 17.8 Å². The Morgan fingerprint density at radius 1 is 0.973 bits per heavy atom. The van der Waals surface area contributed by atoms with Crippen LogP contribution in [0.3, 0.4) is 0 Å². The van der Waals surface area contributed by atoms with Gasteiger partial charge in [-0.05, 0) is 38.1 Å². The predicted molar refractivity (Wildman–Crippen MR) is 139 cm³/mol. The molecule has 3 atom stereocenters. The molecule has 3 aliphatic heterocycles. The Kier molecular flexibility index (Phi) is 12.5. The zero-order valence-corrected chi connectivity index (χ0v) is 22.8. The van der Waals surface area contributed by atoms with Gasteiger partial charge in [0.25, 0.3) is 11.9 Å². The largest absolute Gasteiger partial charge is 0.481 e. The van der Waals surface area contributed by atoms with Gasteiger partial charge in [0.2, 0.25) is 5.91 Å². The van der Waals surface area contributed by atoms with Crippen molar-refractivity contribution in [3.05, 3.63) is 35.4 Å². The molecule has 0 radical (unpaired) electrons. The summed E-state index contributed by atoms with van der Waals surface area (Å²) < 4.78 is 11.4. The number of carboxylic acids is 2. The number of aliphatic carboxylic acids is 2. The lowest BCUT2D eigenvalue weighted by Gasteiger charge is -2.32. The third kappa shape index (κ3) is 10.0. The molecule has 0 aromatic heterocycles. The Morgan fingerprint density at radius 2 is 1.54 bits per heavy atom. The molecule has 1 aromatic rings. The van der Waals surface area contributed by atoms with Gasteiger partial charge in [-0.1, -0.05) is 24.3 Å². The number of hydrogen-bond donors (Lipinski definition) is 2. The number of ether oxygens (including phenoxy) is 2. The molecule has 10 heteroatoms. The highest BCUT2D eigenvalue weighted by atomic mass is 16.5. The molecule has 3 fully saturated rings. The number of benzene rings is 1. The maximum Gasteiger partial charge on any atom is 0.300 e. The molecule has 4 rings (SSSR count). The minimum absolute atomic E-state index is 0.181. The molecule has 0 saturated carbocycles. The van der Waals surface area contributed by atoms with Crippen LogP contribution in [0.4, 0.5) is 0 Å². The molecule has 37 heavy (non-hydrogen) atoms. The number of fused-ring (bicyclic) bond motifs is 1. The number of aryl methyl sites for hydroxylation is 1. The molecule has 208 valence electrons. The zero-order valence-electron chi connectivity index (χ0n) is 22.8. The number of rotatable bonds is 5. The predicted octanol–water partition coefficient (Wildman–Crippen LogP) is 1.83. The second kappa shape index (κ2) is 15.0. The van der Waals surface area contributed by atoms with Gasteiger partial charge in [0.1, 0.15) is 0 Å². The summed E-state index contributed by atoms with van der Waals surface area (Å²) in [5.74, 6) is 0.0580. The van der Waals surface area contributed by atoms with Crippen molar-refractivity contribution in [2.24, 2.45) is 17.8 Å². The first-order chi connectivity index (χ1) is 17.5. The van der Waals surface area contributed by atoms with E-state index in [4.69, 9.17) is 29.3 Å². The molecule has 2 N–H and O–H groups in total. The van der Waals surface area contributed by atoms with E-state index in [0.29, 0.717) is 37.5 Å². The van der Waals surface area contributed by atoms with Crippen LogP contribution >= 0.6 is 0 Å². The van der Waals surface area contributed by atoms with Crippen molar-refractivity contribution in [3.8, 4) is 0 Å².